The predicted octanol–water partition coefficient (Wildman–Crippen LogP) is 2.86. The summed E-state index contributed by atoms with van der Waals surface area (Å²) < 4.78 is 7.51. The third-order valence-corrected chi connectivity index (χ3v) is 4.84. The fourth-order valence-electron chi connectivity index (χ4n) is 3.20. The minimum atomic E-state index is -0.0304. The molecule has 1 aromatic carbocycles. The van der Waals surface area contributed by atoms with Crippen molar-refractivity contribution in [1.82, 2.24) is 14.7 Å². The van der Waals surface area contributed by atoms with Crippen LogP contribution in [-0.2, 0) is 16.6 Å². The van der Waals surface area contributed by atoms with Gasteiger partial charge in [0.25, 0.3) is 0 Å². The molecule has 27 heavy (non-hydrogen) atoms. The quantitative estimate of drug-likeness (QED) is 0.778. The van der Waals surface area contributed by atoms with E-state index >= 15 is 0 Å². The third kappa shape index (κ3) is 5.77. The average molecular weight is 368 g/mol. The standard InChI is InChI=1S/C21H28N4O2/c1-17-20(14-22-24(17)2)23-21(26)16-25(15-19-11-7-13-27-19)12-6-10-18-8-4-3-5-9-18/h3-6,8-10,14,19H,7,11-13,15-16H2,1-2H3,(H,23,26)/b10-6+. The highest BCUT2D eigenvalue weighted by molar-refractivity contribution is 5.92. The van der Waals surface area contributed by atoms with E-state index in [1.54, 1.807) is 10.9 Å². The minimum absolute atomic E-state index is 0.0304. The molecule has 1 aliphatic heterocycles. The van der Waals surface area contributed by atoms with Crippen LogP contribution in [-0.4, -0.2) is 52.9 Å². The van der Waals surface area contributed by atoms with Crippen LogP contribution in [0.25, 0.3) is 6.08 Å². The van der Waals surface area contributed by atoms with Gasteiger partial charge in [0.05, 0.1) is 30.2 Å². The van der Waals surface area contributed by atoms with Gasteiger partial charge < -0.3 is 10.1 Å². The van der Waals surface area contributed by atoms with Crippen molar-refractivity contribution >= 4 is 17.7 Å². The molecule has 1 N–H and O–H groups in total. The van der Waals surface area contributed by atoms with E-state index in [4.69, 9.17) is 4.74 Å². The van der Waals surface area contributed by atoms with Crippen LogP contribution in [0.2, 0.25) is 0 Å². The molecule has 0 radical (unpaired) electrons. The van der Waals surface area contributed by atoms with Crippen LogP contribution in [0.4, 0.5) is 5.69 Å². The van der Waals surface area contributed by atoms with E-state index < -0.39 is 0 Å². The molecule has 1 amide bonds. The Morgan fingerprint density at radius 1 is 1.41 bits per heavy atom. The Bertz CT molecular complexity index is 764. The normalized spacial score (nSPS) is 17.1. The van der Waals surface area contributed by atoms with Crippen molar-refractivity contribution in [3.63, 3.8) is 0 Å². The van der Waals surface area contributed by atoms with Crippen molar-refractivity contribution in [2.24, 2.45) is 7.05 Å². The van der Waals surface area contributed by atoms with Gasteiger partial charge in [-0.2, -0.15) is 5.10 Å². The molecular weight excluding hydrogens is 340 g/mol. The molecule has 1 atom stereocenters. The summed E-state index contributed by atoms with van der Waals surface area (Å²) in [5.41, 5.74) is 2.86. The first kappa shape index (κ1) is 19.3. The summed E-state index contributed by atoms with van der Waals surface area (Å²) in [6.07, 6.45) is 8.25. The fraction of sp³-hybridized carbons (Fsp3) is 0.429. The zero-order chi connectivity index (χ0) is 19.1. The summed E-state index contributed by atoms with van der Waals surface area (Å²) in [5.74, 6) is -0.0304. The van der Waals surface area contributed by atoms with Gasteiger partial charge in [-0.05, 0) is 25.3 Å². The highest BCUT2D eigenvalue weighted by atomic mass is 16.5. The summed E-state index contributed by atoms with van der Waals surface area (Å²) in [7, 11) is 1.86. The number of hydrogen-bond acceptors (Lipinski definition) is 4. The maximum Gasteiger partial charge on any atom is 0.238 e. The van der Waals surface area contributed by atoms with Gasteiger partial charge in [-0.15, -0.1) is 0 Å². The van der Waals surface area contributed by atoms with Crippen molar-refractivity contribution in [3.8, 4) is 0 Å². The first-order chi connectivity index (χ1) is 13.1. The molecule has 0 spiro atoms. The smallest absolute Gasteiger partial charge is 0.238 e. The van der Waals surface area contributed by atoms with E-state index in [2.05, 4.69) is 39.6 Å². The lowest BCUT2D eigenvalue weighted by Gasteiger charge is -2.23. The van der Waals surface area contributed by atoms with Crippen LogP contribution in [0.1, 0.15) is 24.1 Å². The van der Waals surface area contributed by atoms with Gasteiger partial charge in [-0.3, -0.25) is 14.4 Å². The molecule has 0 bridgehead atoms. The lowest BCUT2D eigenvalue weighted by Crippen LogP contribution is -2.38. The number of aryl methyl sites for hydroxylation is 1. The molecule has 1 fully saturated rings. The van der Waals surface area contributed by atoms with Gasteiger partial charge in [0.1, 0.15) is 0 Å². The molecule has 2 heterocycles. The van der Waals surface area contributed by atoms with Gasteiger partial charge in [-0.25, -0.2) is 0 Å². The zero-order valence-electron chi connectivity index (χ0n) is 16.1. The van der Waals surface area contributed by atoms with Crippen LogP contribution in [0, 0.1) is 6.92 Å². The molecule has 0 saturated carbocycles. The third-order valence-electron chi connectivity index (χ3n) is 4.84. The second-order valence-electron chi connectivity index (χ2n) is 6.96. The van der Waals surface area contributed by atoms with Gasteiger partial charge >= 0.3 is 0 Å². The maximum absolute atomic E-state index is 12.5. The largest absolute Gasteiger partial charge is 0.377 e. The number of nitrogens with zero attached hydrogens (tertiary/aromatic N) is 3. The number of benzene rings is 1. The Labute approximate surface area is 160 Å². The monoisotopic (exact) mass is 368 g/mol. The first-order valence-electron chi connectivity index (χ1n) is 9.46. The Balaban J connectivity index is 1.59. The van der Waals surface area contributed by atoms with Gasteiger partial charge in [0.2, 0.25) is 5.91 Å². The zero-order valence-corrected chi connectivity index (χ0v) is 16.1. The SMILES string of the molecule is Cc1c(NC(=O)CN(C/C=C/c2ccccc2)CC2CCCO2)cnn1C. The van der Waals surface area contributed by atoms with Crippen LogP contribution < -0.4 is 5.32 Å². The highest BCUT2D eigenvalue weighted by Crippen LogP contribution is 2.15. The lowest BCUT2D eigenvalue weighted by atomic mass is 10.2. The van der Waals surface area contributed by atoms with Crippen LogP contribution in [0.15, 0.2) is 42.6 Å². The topological polar surface area (TPSA) is 59.4 Å². The molecule has 3 rings (SSSR count). The van der Waals surface area contributed by atoms with E-state index in [0.29, 0.717) is 13.1 Å². The molecular formula is C21H28N4O2. The second-order valence-corrected chi connectivity index (χ2v) is 6.96. The number of hydrogen-bond donors (Lipinski definition) is 1. The van der Waals surface area contributed by atoms with E-state index in [-0.39, 0.29) is 12.0 Å². The number of nitrogens with one attached hydrogen (secondary N) is 1. The molecule has 6 nitrogen and oxygen atoms in total. The molecule has 2 aromatic rings. The Kier molecular flexibility index (Phi) is 6.79. The number of rotatable bonds is 8. The van der Waals surface area contributed by atoms with E-state index in [1.807, 2.05) is 32.2 Å². The minimum Gasteiger partial charge on any atom is -0.377 e. The molecule has 1 aromatic heterocycles. The molecule has 0 aliphatic carbocycles. The summed E-state index contributed by atoms with van der Waals surface area (Å²) in [4.78, 5) is 14.7. The number of carbonyl (C=O) groups excluding carboxylic acids is 1. The second kappa shape index (κ2) is 9.48. The first-order valence-corrected chi connectivity index (χ1v) is 9.46. The van der Waals surface area contributed by atoms with Gasteiger partial charge in [0, 0.05) is 26.7 Å². The van der Waals surface area contributed by atoms with Crippen molar-refractivity contribution in [2.75, 3.05) is 31.6 Å². The number of carbonyl (C=O) groups is 1. The van der Waals surface area contributed by atoms with E-state index in [1.165, 1.54) is 0 Å². The Hall–Kier alpha value is -2.44. The number of amides is 1. The summed E-state index contributed by atoms with van der Waals surface area (Å²) in [6.45, 7) is 4.55. The van der Waals surface area contributed by atoms with Crippen LogP contribution in [0.5, 0.6) is 0 Å². The van der Waals surface area contributed by atoms with Crippen molar-refractivity contribution in [1.29, 1.82) is 0 Å². The summed E-state index contributed by atoms with van der Waals surface area (Å²) in [5, 5.41) is 7.14. The molecule has 1 aliphatic rings. The molecule has 6 heteroatoms. The molecule has 1 saturated heterocycles. The van der Waals surface area contributed by atoms with Crippen molar-refractivity contribution in [2.45, 2.75) is 25.9 Å². The lowest BCUT2D eigenvalue weighted by molar-refractivity contribution is -0.117. The average Bonchev–Trinajstić information content (AvgIpc) is 3.28. The Morgan fingerprint density at radius 2 is 2.22 bits per heavy atom. The predicted molar refractivity (Wildman–Crippen MR) is 107 cm³/mol. The maximum atomic E-state index is 12.5. The Morgan fingerprint density at radius 3 is 2.89 bits per heavy atom. The number of anilines is 1. The molecule has 144 valence electrons. The van der Waals surface area contributed by atoms with E-state index in [9.17, 15) is 4.79 Å². The van der Waals surface area contributed by atoms with Gasteiger partial charge in [0.15, 0.2) is 0 Å². The van der Waals surface area contributed by atoms with E-state index in [0.717, 1.165) is 42.9 Å². The molecule has 1 unspecified atom stereocenters. The van der Waals surface area contributed by atoms with Crippen molar-refractivity contribution in [3.05, 3.63) is 53.9 Å². The van der Waals surface area contributed by atoms with Gasteiger partial charge in [-0.1, -0.05) is 42.5 Å². The highest BCUT2D eigenvalue weighted by Gasteiger charge is 2.20. The number of aromatic nitrogens is 2. The van der Waals surface area contributed by atoms with Crippen LogP contribution in [0.3, 0.4) is 0 Å². The summed E-state index contributed by atoms with van der Waals surface area (Å²) >= 11 is 0. The van der Waals surface area contributed by atoms with Crippen molar-refractivity contribution < 1.29 is 9.53 Å². The summed E-state index contributed by atoms with van der Waals surface area (Å²) in [6, 6.07) is 10.2. The van der Waals surface area contributed by atoms with Crippen LogP contribution >= 0.6 is 0 Å². The fourth-order valence-corrected chi connectivity index (χ4v) is 3.20. The number of ether oxygens (including phenoxy) is 1.